The second kappa shape index (κ2) is 6.45. The average molecular weight is 540 g/mol. The Labute approximate surface area is 190 Å². The molecule has 6 saturated carbocycles. The van der Waals surface area contributed by atoms with Crippen LogP contribution in [0.25, 0.3) is 0 Å². The summed E-state index contributed by atoms with van der Waals surface area (Å²) >= 11 is -3.03. The molecule has 0 unspecified atom stereocenters. The van der Waals surface area contributed by atoms with E-state index in [1.54, 1.807) is 0 Å². The minimum absolute atomic E-state index is 0.197. The van der Waals surface area contributed by atoms with Crippen molar-refractivity contribution < 1.29 is 25.3 Å². The molecule has 1 aromatic rings. The number of ether oxygens (including phenoxy) is 1. The Morgan fingerprint density at radius 2 is 1.19 bits per heavy atom. The van der Waals surface area contributed by atoms with E-state index in [-0.39, 0.29) is 23.3 Å². The zero-order valence-electron chi connectivity index (χ0n) is 18.7. The number of methoxy groups -OCH3 is 1. The number of rotatable bonds is 6. The van der Waals surface area contributed by atoms with Crippen molar-refractivity contribution in [3.8, 4) is 0 Å². The molecule has 0 aromatic heterocycles. The molecule has 7 heteroatoms. The van der Waals surface area contributed by atoms with Gasteiger partial charge in [-0.2, -0.15) is 0 Å². The molecule has 6 aliphatic carbocycles. The van der Waals surface area contributed by atoms with Crippen molar-refractivity contribution in [1.29, 1.82) is 0 Å². The van der Waals surface area contributed by atoms with E-state index < -0.39 is 31.5 Å². The molecule has 0 N–H and O–H groups in total. The van der Waals surface area contributed by atoms with E-state index in [0.717, 1.165) is 39.5 Å². The van der Waals surface area contributed by atoms with Crippen molar-refractivity contribution in [3.05, 3.63) is 32.4 Å². The third-order valence-electron chi connectivity index (χ3n) is 7.83. The van der Waals surface area contributed by atoms with Crippen molar-refractivity contribution >= 4 is 38.6 Å². The Bertz CT molecular complexity index is 964. The van der Waals surface area contributed by atoms with Gasteiger partial charge >= 0.3 is 191 Å². The van der Waals surface area contributed by atoms with E-state index in [1.165, 1.54) is 7.11 Å². The predicted octanol–water partition coefficient (Wildman–Crippen LogP) is 4.74. The molecule has 0 spiro atoms. The fourth-order valence-electron chi connectivity index (χ4n) is 6.74. The standard InChI is InChI=1S/C24H29IO6/c1-14-6-15(2)17(16(3)7-14)25(30-19(27)22-8-21(4,9-22)10-22)31-20(28)24-11-23(12-24,13-24)18(26)29-5/h6-7H,8-13H2,1-5H3. The van der Waals surface area contributed by atoms with Gasteiger partial charge in [0.25, 0.3) is 0 Å². The molecule has 0 saturated heterocycles. The van der Waals surface area contributed by atoms with Gasteiger partial charge in [-0.05, 0) is 0 Å². The Morgan fingerprint density at radius 3 is 1.61 bits per heavy atom. The fraction of sp³-hybridized carbons (Fsp3) is 0.625. The first-order valence-corrected chi connectivity index (χ1v) is 13.6. The zero-order valence-corrected chi connectivity index (χ0v) is 20.9. The van der Waals surface area contributed by atoms with Crippen molar-refractivity contribution in [3.63, 3.8) is 0 Å². The van der Waals surface area contributed by atoms with E-state index in [2.05, 4.69) is 6.92 Å². The van der Waals surface area contributed by atoms with Crippen LogP contribution < -0.4 is 0 Å². The number of hydrogen-bond acceptors (Lipinski definition) is 6. The molecular weight excluding hydrogens is 511 g/mol. The van der Waals surface area contributed by atoms with Crippen molar-refractivity contribution in [2.75, 3.05) is 7.11 Å². The first-order valence-electron chi connectivity index (χ1n) is 10.8. The molecule has 0 amide bonds. The van der Waals surface area contributed by atoms with Gasteiger partial charge in [0.15, 0.2) is 0 Å². The van der Waals surface area contributed by atoms with Gasteiger partial charge in [-0.1, -0.05) is 0 Å². The van der Waals surface area contributed by atoms with Crippen LogP contribution in [0.3, 0.4) is 0 Å². The number of benzene rings is 1. The Kier molecular flexibility index (Phi) is 4.42. The van der Waals surface area contributed by atoms with Gasteiger partial charge in [0.05, 0.1) is 0 Å². The van der Waals surface area contributed by atoms with Gasteiger partial charge in [0.1, 0.15) is 0 Å². The van der Waals surface area contributed by atoms with Gasteiger partial charge in [0.2, 0.25) is 0 Å². The molecule has 6 nitrogen and oxygen atoms in total. The molecule has 7 rings (SSSR count). The average Bonchev–Trinajstić information content (AvgIpc) is 2.54. The van der Waals surface area contributed by atoms with Crippen LogP contribution in [-0.2, 0) is 25.3 Å². The molecule has 0 aliphatic heterocycles. The van der Waals surface area contributed by atoms with Gasteiger partial charge in [0, 0.05) is 0 Å². The number of halogens is 1. The third-order valence-corrected chi connectivity index (χ3v) is 12.0. The number of aryl methyl sites for hydroxylation is 3. The van der Waals surface area contributed by atoms with Crippen molar-refractivity contribution in [2.45, 2.75) is 66.2 Å². The summed E-state index contributed by atoms with van der Waals surface area (Å²) < 4.78 is 17.9. The summed E-state index contributed by atoms with van der Waals surface area (Å²) in [5, 5.41) is 0. The maximum absolute atomic E-state index is 13.2. The molecular formula is C24H29IO6. The summed E-state index contributed by atoms with van der Waals surface area (Å²) in [6.45, 7) is 8.19. The number of hydrogen-bond donors (Lipinski definition) is 0. The van der Waals surface area contributed by atoms with Crippen LogP contribution in [0.5, 0.6) is 0 Å². The first-order chi connectivity index (χ1) is 14.5. The van der Waals surface area contributed by atoms with Gasteiger partial charge < -0.3 is 0 Å². The summed E-state index contributed by atoms with van der Waals surface area (Å²) in [4.78, 5) is 38.2. The van der Waals surface area contributed by atoms with Crippen molar-refractivity contribution in [1.82, 2.24) is 0 Å². The summed E-state index contributed by atoms with van der Waals surface area (Å²) in [5.41, 5.74) is 1.91. The topological polar surface area (TPSA) is 78.9 Å². The Balaban J connectivity index is 1.36. The van der Waals surface area contributed by atoms with Crippen LogP contribution in [0, 0.1) is 46.0 Å². The van der Waals surface area contributed by atoms with E-state index in [1.807, 2.05) is 32.9 Å². The van der Waals surface area contributed by atoms with E-state index in [4.69, 9.17) is 10.9 Å². The van der Waals surface area contributed by atoms with E-state index in [0.29, 0.717) is 24.7 Å². The van der Waals surface area contributed by atoms with E-state index >= 15 is 0 Å². The minimum atomic E-state index is -3.03. The summed E-state index contributed by atoms with van der Waals surface area (Å²) in [6, 6.07) is 4.09. The van der Waals surface area contributed by atoms with Crippen LogP contribution in [0.2, 0.25) is 0 Å². The number of esters is 1. The zero-order chi connectivity index (χ0) is 22.4. The number of carbonyl (C=O) groups excluding carboxylic acids is 3. The number of carbonyl (C=O) groups is 3. The normalized spacial score (nSPS) is 36.6. The molecule has 4 bridgehead atoms. The molecule has 0 heterocycles. The molecule has 6 fully saturated rings. The fourth-order valence-corrected chi connectivity index (χ4v) is 10.6. The molecule has 31 heavy (non-hydrogen) atoms. The van der Waals surface area contributed by atoms with Crippen LogP contribution >= 0.6 is 20.6 Å². The summed E-state index contributed by atoms with van der Waals surface area (Å²) in [6.07, 6.45) is 4.02. The van der Waals surface area contributed by atoms with Crippen LogP contribution in [0.4, 0.5) is 0 Å². The monoisotopic (exact) mass is 540 g/mol. The van der Waals surface area contributed by atoms with Crippen molar-refractivity contribution in [2.24, 2.45) is 21.7 Å². The molecule has 1 aromatic carbocycles. The van der Waals surface area contributed by atoms with Gasteiger partial charge in [-0.15, -0.1) is 0 Å². The SMILES string of the molecule is COC(=O)C12CC(C(=O)OI(OC(=O)C34CC(C)(C3)C4)c3c(C)cc(C)cc3C)(C1)C2. The first kappa shape index (κ1) is 21.2. The quantitative estimate of drug-likeness (QED) is 0.383. The van der Waals surface area contributed by atoms with Crippen LogP contribution in [0.15, 0.2) is 12.1 Å². The molecule has 0 atom stereocenters. The van der Waals surface area contributed by atoms with Crippen LogP contribution in [0.1, 0.15) is 62.1 Å². The summed E-state index contributed by atoms with van der Waals surface area (Å²) in [7, 11) is 1.38. The predicted molar refractivity (Wildman–Crippen MR) is 121 cm³/mol. The maximum atomic E-state index is 13.2. The molecule has 6 aliphatic rings. The second-order valence-electron chi connectivity index (χ2n) is 10.9. The summed E-state index contributed by atoms with van der Waals surface area (Å²) in [5.74, 6) is -0.760. The third kappa shape index (κ3) is 2.91. The van der Waals surface area contributed by atoms with Gasteiger partial charge in [-0.3, -0.25) is 0 Å². The van der Waals surface area contributed by atoms with E-state index in [9.17, 15) is 14.4 Å². The van der Waals surface area contributed by atoms with Gasteiger partial charge in [-0.25, -0.2) is 0 Å². The molecule has 168 valence electrons. The Hall–Kier alpha value is -1.64. The molecule has 0 radical (unpaired) electrons. The van der Waals surface area contributed by atoms with Crippen LogP contribution in [-0.4, -0.2) is 25.0 Å². The second-order valence-corrected chi connectivity index (χ2v) is 14.1. The Morgan fingerprint density at radius 1 is 0.774 bits per heavy atom.